The SMILES string of the molecule is Fc1ccc(CCNCc2ccsc2)cc1. The second kappa shape index (κ2) is 5.77. The Kier molecular flexibility index (Phi) is 4.08. The molecule has 1 aromatic heterocycles. The summed E-state index contributed by atoms with van der Waals surface area (Å²) in [7, 11) is 0. The molecule has 2 aromatic rings. The molecule has 0 aliphatic carbocycles. The lowest BCUT2D eigenvalue weighted by Crippen LogP contribution is -2.16. The second-order valence-electron chi connectivity index (χ2n) is 3.68. The first-order chi connectivity index (χ1) is 7.84. The van der Waals surface area contributed by atoms with Crippen molar-refractivity contribution in [1.82, 2.24) is 5.32 Å². The van der Waals surface area contributed by atoms with E-state index in [2.05, 4.69) is 22.1 Å². The van der Waals surface area contributed by atoms with Crippen LogP contribution >= 0.6 is 11.3 Å². The molecule has 0 amide bonds. The maximum atomic E-state index is 12.6. The lowest BCUT2D eigenvalue weighted by molar-refractivity contribution is 0.626. The van der Waals surface area contributed by atoms with Crippen molar-refractivity contribution in [3.8, 4) is 0 Å². The van der Waals surface area contributed by atoms with Crippen molar-refractivity contribution < 1.29 is 4.39 Å². The topological polar surface area (TPSA) is 12.0 Å². The summed E-state index contributed by atoms with van der Waals surface area (Å²) >= 11 is 1.71. The zero-order valence-electron chi connectivity index (χ0n) is 8.95. The number of hydrogen-bond acceptors (Lipinski definition) is 2. The van der Waals surface area contributed by atoms with Gasteiger partial charge in [0.2, 0.25) is 0 Å². The molecule has 0 atom stereocenters. The minimum atomic E-state index is -0.171. The van der Waals surface area contributed by atoms with E-state index >= 15 is 0 Å². The molecule has 1 N–H and O–H groups in total. The van der Waals surface area contributed by atoms with E-state index in [4.69, 9.17) is 0 Å². The molecule has 0 aliphatic heterocycles. The molecule has 0 radical (unpaired) electrons. The molecule has 0 aliphatic rings. The molecule has 0 unspecified atom stereocenters. The van der Waals surface area contributed by atoms with Gasteiger partial charge in [0.15, 0.2) is 0 Å². The quantitative estimate of drug-likeness (QED) is 0.785. The number of thiophene rings is 1. The molecular formula is C13H14FNS. The normalized spacial score (nSPS) is 10.6. The van der Waals surface area contributed by atoms with Crippen molar-refractivity contribution in [2.24, 2.45) is 0 Å². The van der Waals surface area contributed by atoms with E-state index in [0.29, 0.717) is 0 Å². The fourth-order valence-electron chi connectivity index (χ4n) is 1.51. The Balaban J connectivity index is 1.70. The van der Waals surface area contributed by atoms with Gasteiger partial charge in [-0.25, -0.2) is 4.39 Å². The molecule has 3 heteroatoms. The minimum Gasteiger partial charge on any atom is -0.312 e. The molecule has 0 saturated heterocycles. The van der Waals surface area contributed by atoms with Crippen molar-refractivity contribution in [1.29, 1.82) is 0 Å². The van der Waals surface area contributed by atoms with Gasteiger partial charge in [-0.3, -0.25) is 0 Å². The summed E-state index contributed by atoms with van der Waals surface area (Å²) < 4.78 is 12.6. The van der Waals surface area contributed by atoms with Crippen molar-refractivity contribution in [3.05, 3.63) is 58.0 Å². The largest absolute Gasteiger partial charge is 0.312 e. The highest BCUT2D eigenvalue weighted by molar-refractivity contribution is 7.07. The van der Waals surface area contributed by atoms with Crippen LogP contribution in [-0.2, 0) is 13.0 Å². The van der Waals surface area contributed by atoms with E-state index in [1.54, 1.807) is 11.3 Å². The van der Waals surface area contributed by atoms with Gasteiger partial charge in [-0.2, -0.15) is 11.3 Å². The van der Waals surface area contributed by atoms with Crippen LogP contribution in [0.3, 0.4) is 0 Å². The fraction of sp³-hybridized carbons (Fsp3) is 0.231. The van der Waals surface area contributed by atoms with Gasteiger partial charge in [0.05, 0.1) is 0 Å². The standard InChI is InChI=1S/C13H14FNS/c14-13-3-1-11(2-4-13)5-7-15-9-12-6-8-16-10-12/h1-4,6,8,10,15H,5,7,9H2. The number of benzene rings is 1. The summed E-state index contributed by atoms with van der Waals surface area (Å²) in [5, 5.41) is 7.59. The Hall–Kier alpha value is -1.19. The third-order valence-corrected chi connectivity index (χ3v) is 3.14. The van der Waals surface area contributed by atoms with Crippen LogP contribution in [0.1, 0.15) is 11.1 Å². The van der Waals surface area contributed by atoms with Crippen LogP contribution < -0.4 is 5.32 Å². The van der Waals surface area contributed by atoms with Crippen molar-refractivity contribution in [2.75, 3.05) is 6.54 Å². The average Bonchev–Trinajstić information content (AvgIpc) is 2.80. The Morgan fingerprint density at radius 3 is 2.56 bits per heavy atom. The maximum absolute atomic E-state index is 12.6. The Bertz CT molecular complexity index is 408. The second-order valence-corrected chi connectivity index (χ2v) is 4.46. The molecule has 0 bridgehead atoms. The highest BCUT2D eigenvalue weighted by Gasteiger charge is 1.95. The molecule has 2 rings (SSSR count). The lowest BCUT2D eigenvalue weighted by atomic mass is 10.1. The maximum Gasteiger partial charge on any atom is 0.123 e. The minimum absolute atomic E-state index is 0.171. The summed E-state index contributed by atoms with van der Waals surface area (Å²) in [6.07, 6.45) is 0.935. The molecule has 0 saturated carbocycles. The number of halogens is 1. The number of hydrogen-bond donors (Lipinski definition) is 1. The van der Waals surface area contributed by atoms with Crippen LogP contribution in [0, 0.1) is 5.82 Å². The van der Waals surface area contributed by atoms with Gasteiger partial charge in [-0.15, -0.1) is 0 Å². The van der Waals surface area contributed by atoms with Gasteiger partial charge < -0.3 is 5.32 Å². The molecule has 0 spiro atoms. The highest BCUT2D eigenvalue weighted by atomic mass is 32.1. The van der Waals surface area contributed by atoms with Crippen LogP contribution in [-0.4, -0.2) is 6.54 Å². The molecule has 1 nitrogen and oxygen atoms in total. The van der Waals surface area contributed by atoms with Gasteiger partial charge in [0.1, 0.15) is 5.82 Å². The predicted octanol–water partition coefficient (Wildman–Crippen LogP) is 3.22. The van der Waals surface area contributed by atoms with Crippen LogP contribution in [0.4, 0.5) is 4.39 Å². The van der Waals surface area contributed by atoms with Gasteiger partial charge in [0, 0.05) is 6.54 Å². The fourth-order valence-corrected chi connectivity index (χ4v) is 2.18. The zero-order valence-corrected chi connectivity index (χ0v) is 9.77. The Morgan fingerprint density at radius 2 is 1.88 bits per heavy atom. The first-order valence-corrected chi connectivity index (χ1v) is 6.25. The van der Waals surface area contributed by atoms with E-state index < -0.39 is 0 Å². The van der Waals surface area contributed by atoms with Gasteiger partial charge in [-0.1, -0.05) is 12.1 Å². The summed E-state index contributed by atoms with van der Waals surface area (Å²) in [6.45, 7) is 1.83. The van der Waals surface area contributed by atoms with E-state index in [9.17, 15) is 4.39 Å². The highest BCUT2D eigenvalue weighted by Crippen LogP contribution is 2.05. The van der Waals surface area contributed by atoms with Crippen molar-refractivity contribution in [2.45, 2.75) is 13.0 Å². The summed E-state index contributed by atoms with van der Waals surface area (Å²) in [5.41, 5.74) is 2.49. The molecule has 0 fully saturated rings. The van der Waals surface area contributed by atoms with E-state index in [1.165, 1.54) is 23.3 Å². The molecule has 1 heterocycles. The van der Waals surface area contributed by atoms with Crippen LogP contribution in [0.15, 0.2) is 41.1 Å². The molecule has 16 heavy (non-hydrogen) atoms. The predicted molar refractivity (Wildman–Crippen MR) is 66.1 cm³/mol. The average molecular weight is 235 g/mol. The number of nitrogens with one attached hydrogen (secondary N) is 1. The zero-order chi connectivity index (χ0) is 11.2. The molecule has 1 aromatic carbocycles. The van der Waals surface area contributed by atoms with Gasteiger partial charge in [0.25, 0.3) is 0 Å². The third-order valence-electron chi connectivity index (χ3n) is 2.41. The monoisotopic (exact) mass is 235 g/mol. The Labute approximate surface area is 98.9 Å². The van der Waals surface area contributed by atoms with Gasteiger partial charge >= 0.3 is 0 Å². The summed E-state index contributed by atoms with van der Waals surface area (Å²) in [5.74, 6) is -0.171. The Morgan fingerprint density at radius 1 is 1.06 bits per heavy atom. The summed E-state index contributed by atoms with van der Waals surface area (Å²) in [6, 6.07) is 8.81. The van der Waals surface area contributed by atoms with E-state index in [-0.39, 0.29) is 5.82 Å². The van der Waals surface area contributed by atoms with E-state index in [0.717, 1.165) is 19.5 Å². The van der Waals surface area contributed by atoms with E-state index in [1.807, 2.05) is 12.1 Å². The van der Waals surface area contributed by atoms with Gasteiger partial charge in [-0.05, 0) is 53.1 Å². The number of rotatable bonds is 5. The lowest BCUT2D eigenvalue weighted by Gasteiger charge is -2.03. The smallest absolute Gasteiger partial charge is 0.123 e. The van der Waals surface area contributed by atoms with Crippen LogP contribution in [0.2, 0.25) is 0 Å². The van der Waals surface area contributed by atoms with Crippen LogP contribution in [0.5, 0.6) is 0 Å². The molecular weight excluding hydrogens is 221 g/mol. The first kappa shape index (κ1) is 11.3. The first-order valence-electron chi connectivity index (χ1n) is 5.31. The summed E-state index contributed by atoms with van der Waals surface area (Å²) in [4.78, 5) is 0. The third kappa shape index (κ3) is 3.43. The molecule has 84 valence electrons. The van der Waals surface area contributed by atoms with Crippen molar-refractivity contribution in [3.63, 3.8) is 0 Å². The van der Waals surface area contributed by atoms with Crippen molar-refractivity contribution >= 4 is 11.3 Å². The van der Waals surface area contributed by atoms with Crippen LogP contribution in [0.25, 0.3) is 0 Å².